The fourth-order valence-electron chi connectivity index (χ4n) is 3.04. The number of anilines is 2. The number of hydrogen-bond acceptors (Lipinski definition) is 7. The number of fused-ring (bicyclic) bond motifs is 1. The number of nitrogens with one attached hydrogen (secondary N) is 4. The molecule has 122 valence electrons. The molecule has 3 heterocycles. The summed E-state index contributed by atoms with van der Waals surface area (Å²) in [7, 11) is 0. The van der Waals surface area contributed by atoms with Crippen molar-refractivity contribution in [1.29, 1.82) is 0 Å². The van der Waals surface area contributed by atoms with Crippen molar-refractivity contribution < 1.29 is 9.84 Å². The second kappa shape index (κ2) is 7.23. The molecule has 1 unspecified atom stereocenters. The molecule has 7 nitrogen and oxygen atoms in total. The first kappa shape index (κ1) is 15.5. The Hall–Kier alpha value is -1.41. The number of aliphatic hydroxyl groups is 1. The molecule has 1 saturated heterocycles. The van der Waals surface area contributed by atoms with E-state index < -0.39 is 5.79 Å². The van der Waals surface area contributed by atoms with E-state index in [1.54, 1.807) is 6.20 Å². The van der Waals surface area contributed by atoms with Crippen molar-refractivity contribution in [2.24, 2.45) is 0 Å². The van der Waals surface area contributed by atoms with Crippen LogP contribution in [0, 0.1) is 0 Å². The van der Waals surface area contributed by atoms with Crippen molar-refractivity contribution in [3.8, 4) is 0 Å². The maximum atomic E-state index is 8.84. The molecule has 22 heavy (non-hydrogen) atoms. The number of hydrogen-bond donors (Lipinski definition) is 5. The van der Waals surface area contributed by atoms with Gasteiger partial charge in [0.2, 0.25) is 0 Å². The molecule has 1 aromatic heterocycles. The summed E-state index contributed by atoms with van der Waals surface area (Å²) in [5, 5.41) is 22.9. The zero-order valence-corrected chi connectivity index (χ0v) is 12.8. The topological polar surface area (TPSA) is 90.5 Å². The molecule has 1 fully saturated rings. The minimum Gasteiger partial charge on any atom is -0.394 e. The van der Waals surface area contributed by atoms with Gasteiger partial charge in [0.25, 0.3) is 0 Å². The summed E-state index contributed by atoms with van der Waals surface area (Å²) in [4.78, 5) is 4.39. The largest absolute Gasteiger partial charge is 0.394 e. The van der Waals surface area contributed by atoms with Crippen molar-refractivity contribution in [3.63, 3.8) is 0 Å². The first-order valence-electron chi connectivity index (χ1n) is 8.00. The molecule has 0 aliphatic carbocycles. The van der Waals surface area contributed by atoms with Crippen molar-refractivity contribution >= 4 is 11.5 Å². The molecule has 7 heteroatoms. The number of piperidine rings is 1. The molecule has 3 rings (SSSR count). The second-order valence-corrected chi connectivity index (χ2v) is 5.81. The van der Waals surface area contributed by atoms with Crippen LogP contribution < -0.4 is 21.3 Å². The summed E-state index contributed by atoms with van der Waals surface area (Å²) in [6, 6.07) is 4.40. The van der Waals surface area contributed by atoms with Crippen LogP contribution in [0.1, 0.15) is 19.3 Å². The van der Waals surface area contributed by atoms with E-state index in [4.69, 9.17) is 9.84 Å². The van der Waals surface area contributed by atoms with E-state index in [0.29, 0.717) is 19.3 Å². The third-order valence-corrected chi connectivity index (χ3v) is 4.13. The van der Waals surface area contributed by atoms with Gasteiger partial charge >= 0.3 is 0 Å². The van der Waals surface area contributed by atoms with E-state index in [0.717, 1.165) is 43.9 Å². The van der Waals surface area contributed by atoms with Gasteiger partial charge in [-0.15, -0.1) is 0 Å². The minimum atomic E-state index is -0.436. The average molecular weight is 307 g/mol. The fraction of sp³-hybridized carbons (Fsp3) is 0.667. The Kier molecular flexibility index (Phi) is 5.09. The van der Waals surface area contributed by atoms with Gasteiger partial charge in [0.05, 0.1) is 25.5 Å². The molecule has 0 bridgehead atoms. The molecule has 0 aromatic carbocycles. The number of aliphatic hydroxyl groups excluding tert-OH is 1. The Morgan fingerprint density at radius 2 is 2.18 bits per heavy atom. The van der Waals surface area contributed by atoms with Gasteiger partial charge in [-0.3, -0.25) is 5.32 Å². The lowest BCUT2D eigenvalue weighted by atomic mass is 10.0. The lowest BCUT2D eigenvalue weighted by Gasteiger charge is -2.37. The Morgan fingerprint density at radius 1 is 1.32 bits per heavy atom. The van der Waals surface area contributed by atoms with Gasteiger partial charge in [-0.05, 0) is 38.1 Å². The predicted octanol–water partition coefficient (Wildman–Crippen LogP) is 0.313. The van der Waals surface area contributed by atoms with Crippen LogP contribution in [0.15, 0.2) is 18.3 Å². The summed E-state index contributed by atoms with van der Waals surface area (Å²) in [6.45, 7) is 3.07. The summed E-state index contributed by atoms with van der Waals surface area (Å²) in [5.41, 5.74) is 1.01. The summed E-state index contributed by atoms with van der Waals surface area (Å²) in [5.74, 6) is 0.430. The highest BCUT2D eigenvalue weighted by Gasteiger charge is 2.38. The van der Waals surface area contributed by atoms with E-state index in [1.807, 2.05) is 12.1 Å². The van der Waals surface area contributed by atoms with Crippen LogP contribution >= 0.6 is 0 Å². The monoisotopic (exact) mass is 307 g/mol. The molecule has 5 N–H and O–H groups in total. The Morgan fingerprint density at radius 3 is 2.95 bits per heavy atom. The lowest BCUT2D eigenvalue weighted by Crippen LogP contribution is -2.60. The number of pyridine rings is 1. The highest BCUT2D eigenvalue weighted by Crippen LogP contribution is 2.32. The van der Waals surface area contributed by atoms with Gasteiger partial charge in [0.15, 0.2) is 11.6 Å². The van der Waals surface area contributed by atoms with Crippen LogP contribution in [0.5, 0.6) is 0 Å². The van der Waals surface area contributed by atoms with Crippen molar-refractivity contribution in [3.05, 3.63) is 18.3 Å². The van der Waals surface area contributed by atoms with Crippen LogP contribution in [0.4, 0.5) is 11.5 Å². The predicted molar refractivity (Wildman–Crippen MR) is 85.8 cm³/mol. The van der Waals surface area contributed by atoms with Crippen molar-refractivity contribution in [2.75, 3.05) is 43.5 Å². The molecule has 0 amide bonds. The first-order valence-corrected chi connectivity index (χ1v) is 8.00. The number of rotatable bonds is 7. The molecule has 0 saturated carbocycles. The van der Waals surface area contributed by atoms with E-state index >= 15 is 0 Å². The molecular formula is C15H25N5O2. The molecule has 0 spiro atoms. The number of ether oxygens (including phenoxy) is 1. The van der Waals surface area contributed by atoms with E-state index in [2.05, 4.69) is 26.3 Å². The van der Waals surface area contributed by atoms with Gasteiger partial charge in [-0.25, -0.2) is 4.98 Å². The summed E-state index contributed by atoms with van der Waals surface area (Å²) >= 11 is 0. The minimum absolute atomic E-state index is 0.0529. The van der Waals surface area contributed by atoms with Gasteiger partial charge in [0, 0.05) is 18.7 Å². The Balaban J connectivity index is 1.66. The summed E-state index contributed by atoms with van der Waals surface area (Å²) < 4.78 is 5.46. The van der Waals surface area contributed by atoms with Crippen molar-refractivity contribution in [2.45, 2.75) is 31.1 Å². The number of aromatic nitrogens is 1. The van der Waals surface area contributed by atoms with Gasteiger partial charge in [-0.2, -0.15) is 0 Å². The Labute approximate surface area is 130 Å². The lowest BCUT2D eigenvalue weighted by molar-refractivity contribution is 0.0790. The molecule has 0 radical (unpaired) electrons. The van der Waals surface area contributed by atoms with Gasteiger partial charge in [0.1, 0.15) is 0 Å². The van der Waals surface area contributed by atoms with Crippen LogP contribution in [0.2, 0.25) is 0 Å². The van der Waals surface area contributed by atoms with E-state index in [1.165, 1.54) is 0 Å². The third kappa shape index (κ3) is 3.67. The van der Waals surface area contributed by atoms with Gasteiger partial charge < -0.3 is 25.8 Å². The fourth-order valence-corrected chi connectivity index (χ4v) is 3.04. The van der Waals surface area contributed by atoms with E-state index in [9.17, 15) is 0 Å². The van der Waals surface area contributed by atoms with Crippen LogP contribution in [0.25, 0.3) is 0 Å². The van der Waals surface area contributed by atoms with Crippen LogP contribution in [-0.4, -0.2) is 54.8 Å². The zero-order chi connectivity index (χ0) is 15.3. The normalized spacial score (nSPS) is 24.6. The van der Waals surface area contributed by atoms with Crippen LogP contribution in [-0.2, 0) is 4.74 Å². The van der Waals surface area contributed by atoms with Crippen LogP contribution in [0.3, 0.4) is 0 Å². The summed E-state index contributed by atoms with van der Waals surface area (Å²) in [6.07, 6.45) is 4.74. The molecular weight excluding hydrogens is 282 g/mol. The zero-order valence-electron chi connectivity index (χ0n) is 12.8. The maximum absolute atomic E-state index is 8.84. The standard InChI is InChI=1S/C15H25N5O2/c21-9-11-22-10-5-15(18-12-3-7-16-8-4-12)19-13-2-1-6-17-14(13)20-15/h1-2,6,12,16,18-19,21H,3-5,7-11H2,(H,17,20). The third-order valence-electron chi connectivity index (χ3n) is 4.13. The smallest absolute Gasteiger partial charge is 0.168 e. The van der Waals surface area contributed by atoms with Crippen molar-refractivity contribution in [1.82, 2.24) is 15.6 Å². The maximum Gasteiger partial charge on any atom is 0.168 e. The highest BCUT2D eigenvalue weighted by molar-refractivity contribution is 5.71. The quantitative estimate of drug-likeness (QED) is 0.463. The second-order valence-electron chi connectivity index (χ2n) is 5.81. The number of nitrogens with zero attached hydrogens (tertiary/aromatic N) is 1. The Bertz CT molecular complexity index is 454. The molecule has 2 aliphatic heterocycles. The SMILES string of the molecule is OCCOCCC1(NC2CCNCC2)Nc2cccnc2N1. The highest BCUT2D eigenvalue weighted by atomic mass is 16.5. The molecule has 2 aliphatic rings. The van der Waals surface area contributed by atoms with Gasteiger partial charge in [-0.1, -0.05) is 0 Å². The molecule has 1 aromatic rings. The average Bonchev–Trinajstić information content (AvgIpc) is 2.91. The van der Waals surface area contributed by atoms with E-state index in [-0.39, 0.29) is 6.61 Å². The first-order chi connectivity index (χ1) is 10.8. The molecule has 1 atom stereocenters.